The zero-order valence-electron chi connectivity index (χ0n) is 20.3. The Morgan fingerprint density at radius 1 is 1.11 bits per heavy atom. The Kier molecular flexibility index (Phi) is 7.39. The number of benzene rings is 2. The molecule has 1 aliphatic heterocycles. The third kappa shape index (κ3) is 5.65. The van der Waals surface area contributed by atoms with E-state index in [0.717, 1.165) is 24.2 Å². The number of aliphatic imine (C=N–C) groups is 1. The van der Waals surface area contributed by atoms with E-state index >= 15 is 0 Å². The number of carbonyl (C=O) groups excluding carboxylic acids is 1. The molecule has 0 unspecified atom stereocenters. The number of aromatic nitrogens is 2. The van der Waals surface area contributed by atoms with Crippen LogP contribution in [0.4, 0.5) is 5.69 Å². The third-order valence-corrected chi connectivity index (χ3v) is 5.42. The van der Waals surface area contributed by atoms with Crippen molar-refractivity contribution in [2.24, 2.45) is 4.99 Å². The van der Waals surface area contributed by atoms with E-state index in [1.54, 1.807) is 44.6 Å². The first-order chi connectivity index (χ1) is 17.0. The van der Waals surface area contributed by atoms with Crippen LogP contribution in [0, 0.1) is 6.92 Å². The van der Waals surface area contributed by atoms with Gasteiger partial charge in [-0.25, -0.2) is 4.99 Å². The number of carbonyl (C=O) groups is 1. The van der Waals surface area contributed by atoms with Crippen LogP contribution in [0.25, 0.3) is 0 Å². The lowest BCUT2D eigenvalue weighted by Crippen LogP contribution is -2.36. The molecule has 0 atom stereocenters. The lowest BCUT2D eigenvalue weighted by atomic mass is 10.2. The van der Waals surface area contributed by atoms with Crippen molar-refractivity contribution in [2.45, 2.75) is 33.4 Å². The topological polar surface area (TPSA) is 108 Å². The van der Waals surface area contributed by atoms with Gasteiger partial charge in [0.1, 0.15) is 0 Å². The summed E-state index contributed by atoms with van der Waals surface area (Å²) >= 11 is 0. The molecule has 1 aliphatic rings. The molecule has 0 bridgehead atoms. The second kappa shape index (κ2) is 10.8. The van der Waals surface area contributed by atoms with Crippen molar-refractivity contribution in [1.29, 1.82) is 0 Å². The zero-order valence-corrected chi connectivity index (χ0v) is 20.3. The molecule has 1 aromatic heterocycles. The smallest absolute Gasteiger partial charge is 0.258 e. The number of nitrogens with one attached hydrogen (secondary N) is 2. The molecule has 0 saturated heterocycles. The van der Waals surface area contributed by atoms with Gasteiger partial charge >= 0.3 is 0 Å². The fraction of sp³-hybridized carbons (Fsp3) is 0.320. The minimum atomic E-state index is -0.339. The molecule has 0 aliphatic carbocycles. The highest BCUT2D eigenvalue weighted by atomic mass is 16.7. The van der Waals surface area contributed by atoms with Crippen molar-refractivity contribution in [3.8, 4) is 23.0 Å². The molecule has 0 spiro atoms. The van der Waals surface area contributed by atoms with Crippen LogP contribution < -0.4 is 29.6 Å². The van der Waals surface area contributed by atoms with Crippen molar-refractivity contribution in [2.75, 3.05) is 26.3 Å². The molecule has 184 valence electrons. The normalized spacial score (nSPS) is 12.4. The summed E-state index contributed by atoms with van der Waals surface area (Å²) in [6.45, 7) is 5.36. The Labute approximate surface area is 203 Å². The predicted octanol–water partition coefficient (Wildman–Crippen LogP) is 3.75. The predicted molar refractivity (Wildman–Crippen MR) is 132 cm³/mol. The van der Waals surface area contributed by atoms with Crippen LogP contribution in [0.2, 0.25) is 0 Å². The summed E-state index contributed by atoms with van der Waals surface area (Å²) in [6, 6.07) is 10.4. The molecule has 1 amide bonds. The minimum Gasteiger partial charge on any atom is -0.493 e. The minimum absolute atomic E-state index is 0.138. The molecule has 0 radical (unpaired) electrons. The van der Waals surface area contributed by atoms with Gasteiger partial charge in [0.15, 0.2) is 23.0 Å². The van der Waals surface area contributed by atoms with Crippen LogP contribution in [0.3, 0.4) is 0 Å². The van der Waals surface area contributed by atoms with Gasteiger partial charge in [-0.1, -0.05) is 6.92 Å². The number of guanidine groups is 1. The van der Waals surface area contributed by atoms with E-state index < -0.39 is 0 Å². The number of nitrogens with zero attached hydrogens (tertiary/aromatic N) is 3. The van der Waals surface area contributed by atoms with Crippen molar-refractivity contribution >= 4 is 17.6 Å². The monoisotopic (exact) mass is 479 g/mol. The number of fused-ring (bicyclic) bond motifs is 1. The molecule has 0 saturated carbocycles. The number of rotatable bonds is 8. The van der Waals surface area contributed by atoms with Crippen LogP contribution in [0.1, 0.15) is 35.0 Å². The van der Waals surface area contributed by atoms with Crippen LogP contribution in [0.5, 0.6) is 23.0 Å². The maximum Gasteiger partial charge on any atom is 0.258 e. The standard InChI is InChI=1S/C25H29N5O5/c1-5-10-30-14-18(16(2)29-30)13-26-25(27-19-7-9-20(32-3)22(12-19)33-4)28-24(31)17-6-8-21-23(11-17)35-15-34-21/h6-9,11-12,14H,5,10,13,15H2,1-4H3,(H2,26,27,28,31). The Bertz CT molecular complexity index is 1240. The average molecular weight is 480 g/mol. The van der Waals surface area contributed by atoms with Crippen molar-refractivity contribution in [1.82, 2.24) is 15.1 Å². The van der Waals surface area contributed by atoms with Gasteiger partial charge in [-0.3, -0.25) is 14.8 Å². The summed E-state index contributed by atoms with van der Waals surface area (Å²) in [7, 11) is 3.14. The summed E-state index contributed by atoms with van der Waals surface area (Å²) in [5.41, 5.74) is 2.96. The van der Waals surface area contributed by atoms with Gasteiger partial charge in [0.05, 0.1) is 26.5 Å². The SMILES string of the molecule is CCCn1cc(CN=C(NC(=O)c2ccc3c(c2)OCO3)Nc2ccc(OC)c(OC)c2)c(C)n1. The number of methoxy groups -OCH3 is 2. The second-order valence-corrected chi connectivity index (χ2v) is 7.88. The van der Waals surface area contributed by atoms with Gasteiger partial charge in [0.25, 0.3) is 5.91 Å². The Morgan fingerprint density at radius 2 is 1.91 bits per heavy atom. The summed E-state index contributed by atoms with van der Waals surface area (Å²) in [4.78, 5) is 17.7. The molecule has 35 heavy (non-hydrogen) atoms. The van der Waals surface area contributed by atoms with E-state index in [9.17, 15) is 4.79 Å². The molecule has 10 heteroatoms. The zero-order chi connectivity index (χ0) is 24.8. The number of aryl methyl sites for hydroxylation is 2. The van der Waals surface area contributed by atoms with Gasteiger partial charge in [0.2, 0.25) is 12.8 Å². The largest absolute Gasteiger partial charge is 0.493 e. The third-order valence-electron chi connectivity index (χ3n) is 5.42. The highest BCUT2D eigenvalue weighted by Gasteiger charge is 2.18. The summed E-state index contributed by atoms with van der Waals surface area (Å²) < 4.78 is 23.3. The van der Waals surface area contributed by atoms with E-state index in [0.29, 0.717) is 40.8 Å². The summed E-state index contributed by atoms with van der Waals surface area (Å²) in [6.07, 6.45) is 2.97. The first-order valence-corrected chi connectivity index (χ1v) is 11.3. The maximum absolute atomic E-state index is 13.0. The van der Waals surface area contributed by atoms with E-state index in [1.165, 1.54) is 0 Å². The van der Waals surface area contributed by atoms with E-state index in [4.69, 9.17) is 18.9 Å². The molecule has 4 rings (SSSR count). The van der Waals surface area contributed by atoms with Gasteiger partial charge in [-0.15, -0.1) is 0 Å². The fourth-order valence-electron chi connectivity index (χ4n) is 3.60. The number of hydrogen-bond acceptors (Lipinski definition) is 7. The first kappa shape index (κ1) is 23.9. The molecular formula is C25H29N5O5. The van der Waals surface area contributed by atoms with Crippen LogP contribution in [-0.2, 0) is 13.1 Å². The number of hydrogen-bond donors (Lipinski definition) is 2. The molecular weight excluding hydrogens is 450 g/mol. The summed E-state index contributed by atoms with van der Waals surface area (Å²) in [5.74, 6) is 2.23. The molecule has 2 aromatic carbocycles. The molecule has 3 aromatic rings. The van der Waals surface area contributed by atoms with Crippen molar-refractivity contribution in [3.05, 3.63) is 59.4 Å². The first-order valence-electron chi connectivity index (χ1n) is 11.3. The van der Waals surface area contributed by atoms with Gasteiger partial charge in [-0.05, 0) is 43.7 Å². The van der Waals surface area contributed by atoms with E-state index in [-0.39, 0.29) is 18.7 Å². The van der Waals surface area contributed by atoms with E-state index in [2.05, 4.69) is 27.6 Å². The molecule has 2 heterocycles. The number of anilines is 1. The van der Waals surface area contributed by atoms with Crippen molar-refractivity contribution in [3.63, 3.8) is 0 Å². The lowest BCUT2D eigenvalue weighted by molar-refractivity contribution is 0.0976. The lowest BCUT2D eigenvalue weighted by Gasteiger charge is -2.14. The van der Waals surface area contributed by atoms with Gasteiger partial charge in [-0.2, -0.15) is 5.10 Å². The molecule has 0 fully saturated rings. The second-order valence-electron chi connectivity index (χ2n) is 7.88. The van der Waals surface area contributed by atoms with Crippen LogP contribution in [0.15, 0.2) is 47.6 Å². The highest BCUT2D eigenvalue weighted by molar-refractivity contribution is 6.10. The highest BCUT2D eigenvalue weighted by Crippen LogP contribution is 2.32. The van der Waals surface area contributed by atoms with Gasteiger partial charge < -0.3 is 24.3 Å². The number of amides is 1. The quantitative estimate of drug-likeness (QED) is 0.374. The fourth-order valence-corrected chi connectivity index (χ4v) is 3.60. The van der Waals surface area contributed by atoms with Crippen LogP contribution >= 0.6 is 0 Å². The average Bonchev–Trinajstić information content (AvgIpc) is 3.47. The van der Waals surface area contributed by atoms with Crippen molar-refractivity contribution < 1.29 is 23.7 Å². The Balaban J connectivity index is 1.58. The van der Waals surface area contributed by atoms with Crippen LogP contribution in [-0.4, -0.2) is 42.7 Å². The Morgan fingerprint density at radius 3 is 2.69 bits per heavy atom. The van der Waals surface area contributed by atoms with E-state index in [1.807, 2.05) is 23.9 Å². The summed E-state index contributed by atoms with van der Waals surface area (Å²) in [5, 5.41) is 10.6. The Hall–Kier alpha value is -4.21. The maximum atomic E-state index is 13.0. The number of ether oxygens (including phenoxy) is 4. The van der Waals surface area contributed by atoms with Gasteiger partial charge in [0, 0.05) is 35.6 Å². The molecule has 10 nitrogen and oxygen atoms in total. The molecule has 2 N–H and O–H groups in total.